The van der Waals surface area contributed by atoms with Crippen molar-refractivity contribution in [2.45, 2.75) is 40.0 Å². The van der Waals surface area contributed by atoms with Gasteiger partial charge in [-0.25, -0.2) is 9.97 Å². The number of rotatable bonds is 6. The number of aliphatic hydroxyl groups excluding tert-OH is 1. The van der Waals surface area contributed by atoms with E-state index < -0.39 is 6.10 Å². The second-order valence-corrected chi connectivity index (χ2v) is 7.50. The molecule has 3 aromatic rings. The Morgan fingerprint density at radius 1 is 1.25 bits per heavy atom. The Balaban J connectivity index is 1.64. The molecule has 2 heterocycles. The molecule has 1 atom stereocenters. The number of nitrogens with zero attached hydrogens (tertiary/aromatic N) is 4. The van der Waals surface area contributed by atoms with Crippen LogP contribution in [0.2, 0.25) is 0 Å². The lowest BCUT2D eigenvalue weighted by atomic mass is 10.1. The molecule has 3 rings (SSSR count). The fraction of sp³-hybridized carbons (Fsp3) is 0.444. The zero-order valence-electron chi connectivity index (χ0n) is 14.7. The second kappa shape index (κ2) is 7.01. The highest BCUT2D eigenvalue weighted by atomic mass is 32.1. The maximum absolute atomic E-state index is 10.5. The SMILES string of the molecule is Cc1csc(CN(C)CC(O)Cn2cnc3cc(C)c(C)cc32)n1. The summed E-state index contributed by atoms with van der Waals surface area (Å²) in [6.07, 6.45) is 1.37. The van der Waals surface area contributed by atoms with E-state index in [0.29, 0.717) is 13.1 Å². The first-order valence-electron chi connectivity index (χ1n) is 8.12. The first-order chi connectivity index (χ1) is 11.4. The summed E-state index contributed by atoms with van der Waals surface area (Å²) in [4.78, 5) is 11.0. The van der Waals surface area contributed by atoms with Crippen LogP contribution >= 0.6 is 11.3 Å². The molecule has 5 nitrogen and oxygen atoms in total. The Hall–Kier alpha value is -1.76. The molecule has 0 aliphatic rings. The molecule has 0 amide bonds. The highest BCUT2D eigenvalue weighted by Crippen LogP contribution is 2.19. The number of hydrogen-bond acceptors (Lipinski definition) is 5. The standard InChI is InChI=1S/C18H24N4OS/c1-12-5-16-17(6-13(12)2)22(11-19-16)8-15(23)7-21(4)9-18-20-14(3)10-24-18/h5-6,10-11,15,23H,7-9H2,1-4H3. The van der Waals surface area contributed by atoms with E-state index in [9.17, 15) is 5.11 Å². The van der Waals surface area contributed by atoms with Gasteiger partial charge in [0, 0.05) is 17.6 Å². The van der Waals surface area contributed by atoms with Crippen LogP contribution < -0.4 is 0 Å². The number of fused-ring (bicyclic) bond motifs is 1. The molecule has 0 spiro atoms. The quantitative estimate of drug-likeness (QED) is 0.747. The first kappa shape index (κ1) is 17.1. The van der Waals surface area contributed by atoms with Gasteiger partial charge in [0.25, 0.3) is 0 Å². The molecule has 0 saturated heterocycles. The van der Waals surface area contributed by atoms with E-state index >= 15 is 0 Å². The summed E-state index contributed by atoms with van der Waals surface area (Å²) < 4.78 is 2.04. The average Bonchev–Trinajstić information content (AvgIpc) is 3.07. The Labute approximate surface area is 146 Å². The number of likely N-dealkylation sites (N-methyl/N-ethyl adjacent to an activating group) is 1. The van der Waals surface area contributed by atoms with E-state index in [1.807, 2.05) is 24.9 Å². The Morgan fingerprint density at radius 2 is 2.00 bits per heavy atom. The third-order valence-electron chi connectivity index (χ3n) is 4.24. The summed E-state index contributed by atoms with van der Waals surface area (Å²) in [5.74, 6) is 0. The van der Waals surface area contributed by atoms with Crippen LogP contribution in [0, 0.1) is 20.8 Å². The van der Waals surface area contributed by atoms with Crippen LogP contribution in [-0.2, 0) is 13.1 Å². The summed E-state index contributed by atoms with van der Waals surface area (Å²) in [7, 11) is 2.01. The highest BCUT2D eigenvalue weighted by Gasteiger charge is 2.13. The second-order valence-electron chi connectivity index (χ2n) is 6.56. The third-order valence-corrected chi connectivity index (χ3v) is 5.19. The van der Waals surface area contributed by atoms with Crippen molar-refractivity contribution >= 4 is 22.4 Å². The van der Waals surface area contributed by atoms with E-state index in [1.54, 1.807) is 11.3 Å². The molecule has 0 bridgehead atoms. The smallest absolute Gasteiger partial charge is 0.107 e. The van der Waals surface area contributed by atoms with Crippen LogP contribution in [0.4, 0.5) is 0 Å². The van der Waals surface area contributed by atoms with Gasteiger partial charge in [0.1, 0.15) is 5.01 Å². The van der Waals surface area contributed by atoms with Gasteiger partial charge in [0.15, 0.2) is 0 Å². The third kappa shape index (κ3) is 3.83. The maximum Gasteiger partial charge on any atom is 0.107 e. The van der Waals surface area contributed by atoms with Crippen molar-refractivity contribution in [2.75, 3.05) is 13.6 Å². The number of imidazole rings is 1. The molecule has 0 aliphatic carbocycles. The van der Waals surface area contributed by atoms with E-state index in [0.717, 1.165) is 28.3 Å². The predicted octanol–water partition coefficient (Wildman–Crippen LogP) is 2.91. The summed E-state index contributed by atoms with van der Waals surface area (Å²) in [6, 6.07) is 4.25. The monoisotopic (exact) mass is 344 g/mol. The fourth-order valence-electron chi connectivity index (χ4n) is 2.87. The molecule has 1 unspecified atom stereocenters. The van der Waals surface area contributed by atoms with Crippen molar-refractivity contribution in [1.82, 2.24) is 19.4 Å². The lowest BCUT2D eigenvalue weighted by Crippen LogP contribution is -2.31. The molecule has 128 valence electrons. The van der Waals surface area contributed by atoms with Gasteiger partial charge < -0.3 is 9.67 Å². The number of benzene rings is 1. The number of thiazole rings is 1. The molecule has 24 heavy (non-hydrogen) atoms. The van der Waals surface area contributed by atoms with E-state index in [1.165, 1.54) is 11.1 Å². The Bertz CT molecular complexity index is 839. The number of aliphatic hydroxyl groups is 1. The fourth-order valence-corrected chi connectivity index (χ4v) is 3.72. The van der Waals surface area contributed by atoms with Crippen molar-refractivity contribution < 1.29 is 5.11 Å². The van der Waals surface area contributed by atoms with Crippen LogP contribution in [0.25, 0.3) is 11.0 Å². The van der Waals surface area contributed by atoms with E-state index in [4.69, 9.17) is 0 Å². The topological polar surface area (TPSA) is 54.2 Å². The summed E-state index contributed by atoms with van der Waals surface area (Å²) in [5.41, 5.74) is 5.61. The van der Waals surface area contributed by atoms with Crippen molar-refractivity contribution in [2.24, 2.45) is 0 Å². The van der Waals surface area contributed by atoms with Crippen molar-refractivity contribution in [3.05, 3.63) is 45.7 Å². The minimum Gasteiger partial charge on any atom is -0.390 e. The number of aromatic nitrogens is 3. The Kier molecular flexibility index (Phi) is 4.99. The molecule has 0 fully saturated rings. The Morgan fingerprint density at radius 3 is 2.71 bits per heavy atom. The molecular weight excluding hydrogens is 320 g/mol. The summed E-state index contributed by atoms with van der Waals surface area (Å²) in [6.45, 7) is 8.11. The van der Waals surface area contributed by atoms with Crippen LogP contribution in [0.5, 0.6) is 0 Å². The first-order valence-corrected chi connectivity index (χ1v) is 9.00. The van der Waals surface area contributed by atoms with Gasteiger partial charge in [-0.15, -0.1) is 11.3 Å². The lowest BCUT2D eigenvalue weighted by Gasteiger charge is -2.20. The van der Waals surface area contributed by atoms with E-state index in [2.05, 4.69) is 46.2 Å². The normalized spacial score (nSPS) is 13.1. The van der Waals surface area contributed by atoms with Crippen LogP contribution in [0.1, 0.15) is 21.8 Å². The van der Waals surface area contributed by atoms with Gasteiger partial charge in [-0.1, -0.05) is 0 Å². The van der Waals surface area contributed by atoms with Gasteiger partial charge in [-0.3, -0.25) is 4.90 Å². The zero-order chi connectivity index (χ0) is 17.3. The molecule has 0 aliphatic heterocycles. The minimum absolute atomic E-state index is 0.449. The van der Waals surface area contributed by atoms with E-state index in [-0.39, 0.29) is 0 Å². The molecule has 2 aromatic heterocycles. The average molecular weight is 344 g/mol. The van der Waals surface area contributed by atoms with Crippen LogP contribution in [-0.4, -0.2) is 44.2 Å². The largest absolute Gasteiger partial charge is 0.390 e. The number of aryl methyl sites for hydroxylation is 3. The van der Waals surface area contributed by atoms with Crippen molar-refractivity contribution in [3.63, 3.8) is 0 Å². The molecule has 0 saturated carbocycles. The van der Waals surface area contributed by atoms with Gasteiger partial charge in [-0.05, 0) is 51.1 Å². The maximum atomic E-state index is 10.5. The molecule has 1 aromatic carbocycles. The zero-order valence-corrected chi connectivity index (χ0v) is 15.5. The minimum atomic E-state index is -0.449. The van der Waals surface area contributed by atoms with Gasteiger partial charge in [0.2, 0.25) is 0 Å². The van der Waals surface area contributed by atoms with Crippen LogP contribution in [0.3, 0.4) is 0 Å². The summed E-state index contributed by atoms with van der Waals surface area (Å²) in [5, 5.41) is 13.6. The molecule has 0 radical (unpaired) electrons. The lowest BCUT2D eigenvalue weighted by molar-refractivity contribution is 0.108. The van der Waals surface area contributed by atoms with Crippen molar-refractivity contribution in [1.29, 1.82) is 0 Å². The predicted molar refractivity (Wildman–Crippen MR) is 98.4 cm³/mol. The van der Waals surface area contributed by atoms with Gasteiger partial charge in [0.05, 0.1) is 36.6 Å². The van der Waals surface area contributed by atoms with Gasteiger partial charge in [-0.2, -0.15) is 0 Å². The molecular formula is C18H24N4OS. The van der Waals surface area contributed by atoms with Crippen molar-refractivity contribution in [3.8, 4) is 0 Å². The molecule has 1 N–H and O–H groups in total. The molecule has 6 heteroatoms. The highest BCUT2D eigenvalue weighted by molar-refractivity contribution is 7.09. The number of hydrogen-bond donors (Lipinski definition) is 1. The van der Waals surface area contributed by atoms with Crippen LogP contribution in [0.15, 0.2) is 23.8 Å². The van der Waals surface area contributed by atoms with Gasteiger partial charge >= 0.3 is 0 Å². The summed E-state index contributed by atoms with van der Waals surface area (Å²) >= 11 is 1.67.